The molecule has 41 heavy (non-hydrogen) atoms. The second-order valence-corrected chi connectivity index (χ2v) is 10.4. The summed E-state index contributed by atoms with van der Waals surface area (Å²) in [6, 6.07) is 5.62. The van der Waals surface area contributed by atoms with Gasteiger partial charge in [-0.25, -0.2) is 14.2 Å². The van der Waals surface area contributed by atoms with E-state index in [0.717, 1.165) is 5.56 Å². The molecule has 4 aliphatic heterocycles. The zero-order chi connectivity index (χ0) is 29.1. The Bertz CT molecular complexity index is 1360. The first kappa shape index (κ1) is 28.8. The standard InChI is InChI=1S/C30H35FN4O6/c1-4-22(32-11-14-39-2)24-27(36)25-26-28(19(16-33-25)15-18-5-7-20(31)8-6-18)41-23(17-35(26)30(24)38)29(37)34-12-9-21(40-3)10-13-34/h5-8,16-17,21-22,28,32H,4,9-15H2,1-3H3/p+1. The summed E-state index contributed by atoms with van der Waals surface area (Å²) >= 11 is 0. The lowest BCUT2D eigenvalue weighted by Gasteiger charge is -2.34. The summed E-state index contributed by atoms with van der Waals surface area (Å²) in [4.78, 5) is 34.0. The number of hydrogen-bond acceptors (Lipinski definition) is 8. The first-order valence-electron chi connectivity index (χ1n) is 13.9. The molecule has 2 unspecified atom stereocenters. The van der Waals surface area contributed by atoms with E-state index in [1.165, 1.54) is 22.9 Å². The molecule has 0 aromatic heterocycles. The van der Waals surface area contributed by atoms with Crippen molar-refractivity contribution in [2.75, 3.05) is 40.5 Å². The fourth-order valence-corrected chi connectivity index (χ4v) is 5.64. The van der Waals surface area contributed by atoms with Gasteiger partial charge in [-0.3, -0.25) is 4.79 Å². The molecule has 218 valence electrons. The van der Waals surface area contributed by atoms with Crippen LogP contribution >= 0.6 is 0 Å². The Morgan fingerprint density at radius 3 is 2.66 bits per heavy atom. The molecule has 0 bridgehead atoms. The number of likely N-dealkylation sites (tertiary alicyclic amines) is 1. The van der Waals surface area contributed by atoms with Crippen molar-refractivity contribution in [1.82, 2.24) is 10.2 Å². The van der Waals surface area contributed by atoms with Crippen LogP contribution in [0.3, 0.4) is 0 Å². The van der Waals surface area contributed by atoms with Crippen LogP contribution in [0.5, 0.6) is 0 Å². The average Bonchev–Trinajstić information content (AvgIpc) is 3.00. The Hall–Kier alpha value is -3.67. The number of allylic oxidation sites excluding steroid dienone is 1. The molecule has 0 radical (unpaired) electrons. The van der Waals surface area contributed by atoms with Crippen LogP contribution < -0.4 is 5.32 Å². The van der Waals surface area contributed by atoms with E-state index < -0.39 is 18.1 Å². The van der Waals surface area contributed by atoms with E-state index in [0.29, 0.717) is 63.2 Å². The molecule has 2 amide bonds. The maximum atomic E-state index is 14.0. The molecule has 10 nitrogen and oxygen atoms in total. The van der Waals surface area contributed by atoms with E-state index in [1.807, 2.05) is 6.92 Å². The smallest absolute Gasteiger partial charge is 0.426 e. The Morgan fingerprint density at radius 1 is 1.27 bits per heavy atom. The van der Waals surface area contributed by atoms with Gasteiger partial charge in [-0.15, -0.1) is 4.58 Å². The summed E-state index contributed by atoms with van der Waals surface area (Å²) in [5.41, 5.74) is 2.24. The predicted molar refractivity (Wildman–Crippen MR) is 149 cm³/mol. The summed E-state index contributed by atoms with van der Waals surface area (Å²) < 4.78 is 31.9. The van der Waals surface area contributed by atoms with Gasteiger partial charge >= 0.3 is 5.91 Å². The third-order valence-corrected chi connectivity index (χ3v) is 7.92. The largest absolute Gasteiger partial charge is 0.505 e. The van der Waals surface area contributed by atoms with Crippen LogP contribution in [0.4, 0.5) is 4.39 Å². The number of methoxy groups -OCH3 is 2. The molecule has 4 heterocycles. The van der Waals surface area contributed by atoms with E-state index in [9.17, 15) is 19.1 Å². The first-order chi connectivity index (χ1) is 19.9. The highest BCUT2D eigenvalue weighted by Crippen LogP contribution is 2.32. The number of aliphatic hydroxyl groups is 1. The summed E-state index contributed by atoms with van der Waals surface area (Å²) in [5.74, 6) is -1.29. The van der Waals surface area contributed by atoms with Gasteiger partial charge in [0, 0.05) is 51.7 Å². The van der Waals surface area contributed by atoms with Crippen molar-refractivity contribution in [3.05, 3.63) is 70.7 Å². The Kier molecular flexibility index (Phi) is 8.77. The number of benzene rings is 1. The van der Waals surface area contributed by atoms with Crippen LogP contribution in [0.1, 0.15) is 31.7 Å². The average molecular weight is 568 g/mol. The number of aliphatic imine (C=N–C) groups is 1. The highest BCUT2D eigenvalue weighted by Gasteiger charge is 2.52. The van der Waals surface area contributed by atoms with E-state index in [1.54, 1.807) is 37.5 Å². The Balaban J connectivity index is 1.54. The normalized spacial score (nSPS) is 21.7. The number of halogens is 1. The van der Waals surface area contributed by atoms with Crippen molar-refractivity contribution in [1.29, 1.82) is 0 Å². The summed E-state index contributed by atoms with van der Waals surface area (Å²) in [6.07, 6.45) is 4.56. The summed E-state index contributed by atoms with van der Waals surface area (Å²) in [7, 11) is 3.26. The predicted octanol–water partition coefficient (Wildman–Crippen LogP) is 2.40. The van der Waals surface area contributed by atoms with Gasteiger partial charge in [0.1, 0.15) is 11.4 Å². The van der Waals surface area contributed by atoms with E-state index >= 15 is 0 Å². The van der Waals surface area contributed by atoms with Crippen LogP contribution in [0.2, 0.25) is 0 Å². The number of aliphatic hydroxyl groups excluding tert-OH is 1. The van der Waals surface area contributed by atoms with Crippen molar-refractivity contribution in [3.63, 3.8) is 0 Å². The second-order valence-electron chi connectivity index (χ2n) is 10.4. The monoisotopic (exact) mass is 567 g/mol. The minimum atomic E-state index is -0.845. The SMILES string of the molecule is CCC(NCCOC)C1=C(O)C2=NC=C(Cc3ccc(F)cc3)C3OC(C(=O)N4CCC(OC)CC4)=C[N+](=C23)C1=O. The number of rotatable bonds is 10. The molecule has 11 heteroatoms. The Labute approximate surface area is 238 Å². The number of nitrogens with zero attached hydrogens (tertiary/aromatic N) is 3. The molecule has 0 spiro atoms. The minimum Gasteiger partial charge on any atom is -0.505 e. The highest BCUT2D eigenvalue weighted by molar-refractivity contribution is 6.51. The van der Waals surface area contributed by atoms with E-state index in [2.05, 4.69) is 10.3 Å². The third kappa shape index (κ3) is 5.74. The molecule has 0 saturated carbocycles. The van der Waals surface area contributed by atoms with E-state index in [-0.39, 0.29) is 40.6 Å². The molecular formula is C30H36FN4O6+. The zero-order valence-corrected chi connectivity index (χ0v) is 23.6. The van der Waals surface area contributed by atoms with Crippen LogP contribution in [-0.2, 0) is 30.2 Å². The van der Waals surface area contributed by atoms with Crippen molar-refractivity contribution in [2.45, 2.75) is 50.9 Å². The second kappa shape index (κ2) is 12.5. The quantitative estimate of drug-likeness (QED) is 0.330. The van der Waals surface area contributed by atoms with Crippen LogP contribution in [0.15, 0.2) is 64.3 Å². The van der Waals surface area contributed by atoms with Gasteiger partial charge in [0.2, 0.25) is 12.3 Å². The lowest BCUT2D eigenvalue weighted by atomic mass is 9.87. The van der Waals surface area contributed by atoms with Gasteiger partial charge in [0.25, 0.3) is 17.4 Å². The summed E-state index contributed by atoms with van der Waals surface area (Å²) in [6.45, 7) is 3.84. The fraction of sp³-hybridized carbons (Fsp3) is 0.467. The van der Waals surface area contributed by atoms with E-state index in [4.69, 9.17) is 14.2 Å². The maximum Gasteiger partial charge on any atom is 0.426 e. The molecule has 1 saturated heterocycles. The van der Waals surface area contributed by atoms with Crippen molar-refractivity contribution < 1.29 is 37.9 Å². The van der Waals surface area contributed by atoms with Gasteiger partial charge in [0.05, 0.1) is 12.7 Å². The molecule has 5 rings (SSSR count). The van der Waals surface area contributed by atoms with Gasteiger partial charge in [0.15, 0.2) is 11.5 Å². The van der Waals surface area contributed by atoms with Crippen molar-refractivity contribution in [2.24, 2.45) is 4.99 Å². The molecule has 1 aromatic rings. The number of nitrogens with one attached hydrogen (secondary N) is 1. The lowest BCUT2D eigenvalue weighted by molar-refractivity contribution is -0.386. The molecule has 1 fully saturated rings. The van der Waals surface area contributed by atoms with Gasteiger partial charge in [-0.2, -0.15) is 0 Å². The number of piperidine rings is 1. The molecule has 1 aromatic carbocycles. The Morgan fingerprint density at radius 2 is 2.00 bits per heavy atom. The van der Waals surface area contributed by atoms with Gasteiger partial charge in [-0.05, 0) is 43.4 Å². The van der Waals surface area contributed by atoms with Crippen molar-refractivity contribution in [3.8, 4) is 0 Å². The third-order valence-electron chi connectivity index (χ3n) is 7.92. The minimum absolute atomic E-state index is 0.0374. The number of carbonyl (C=O) groups excluding carboxylic acids is 2. The molecule has 4 aliphatic rings. The number of carbonyl (C=O) groups is 2. The number of ether oxygens (including phenoxy) is 3. The topological polar surface area (TPSA) is 113 Å². The van der Waals surface area contributed by atoms with Crippen molar-refractivity contribution >= 4 is 23.2 Å². The molecular weight excluding hydrogens is 531 g/mol. The van der Waals surface area contributed by atoms with Crippen LogP contribution in [-0.4, -0.2) is 96.5 Å². The van der Waals surface area contributed by atoms with Gasteiger partial charge in [-0.1, -0.05) is 19.1 Å². The number of hydrogen-bond donors (Lipinski definition) is 2. The maximum absolute atomic E-state index is 14.0. The zero-order valence-electron chi connectivity index (χ0n) is 23.6. The van der Waals surface area contributed by atoms with Crippen LogP contribution in [0, 0.1) is 5.82 Å². The molecule has 2 atom stereocenters. The van der Waals surface area contributed by atoms with Gasteiger partial charge < -0.3 is 29.5 Å². The number of amides is 2. The first-order valence-corrected chi connectivity index (χ1v) is 13.9. The van der Waals surface area contributed by atoms with Crippen LogP contribution in [0.25, 0.3) is 0 Å². The molecule has 0 aliphatic carbocycles. The fourth-order valence-electron chi connectivity index (χ4n) is 5.64. The summed E-state index contributed by atoms with van der Waals surface area (Å²) in [5, 5.41) is 14.6. The molecule has 2 N–H and O–H groups in total. The lowest BCUT2D eigenvalue weighted by Crippen LogP contribution is -2.53. The highest BCUT2D eigenvalue weighted by atomic mass is 19.1.